The van der Waals surface area contributed by atoms with Crippen molar-refractivity contribution in [3.05, 3.63) is 59.7 Å². The van der Waals surface area contributed by atoms with Gasteiger partial charge in [0.05, 0.1) is 19.6 Å². The molecule has 0 radical (unpaired) electrons. The molecular weight excluding hydrogens is 290 g/mol. The molecule has 0 unspecified atom stereocenters. The van der Waals surface area contributed by atoms with E-state index in [0.717, 1.165) is 16.9 Å². The molecule has 2 aromatic carbocycles. The summed E-state index contributed by atoms with van der Waals surface area (Å²) in [6.07, 6.45) is 0. The smallest absolute Gasteiger partial charge is 0.230 e. The quantitative estimate of drug-likeness (QED) is 0.890. The van der Waals surface area contributed by atoms with Crippen molar-refractivity contribution < 1.29 is 14.3 Å². The van der Waals surface area contributed by atoms with E-state index in [1.54, 1.807) is 14.2 Å². The second-order valence-electron chi connectivity index (χ2n) is 5.82. The van der Waals surface area contributed by atoms with Crippen molar-refractivity contribution in [2.24, 2.45) is 0 Å². The van der Waals surface area contributed by atoms with Gasteiger partial charge in [0.2, 0.25) is 5.91 Å². The van der Waals surface area contributed by atoms with E-state index in [0.29, 0.717) is 12.3 Å². The number of hydrogen-bond acceptors (Lipinski definition) is 3. The highest BCUT2D eigenvalue weighted by molar-refractivity contribution is 5.88. The molecule has 4 heteroatoms. The van der Waals surface area contributed by atoms with Crippen LogP contribution in [0.5, 0.6) is 11.5 Å². The molecule has 0 saturated heterocycles. The van der Waals surface area contributed by atoms with Gasteiger partial charge in [0.15, 0.2) is 0 Å². The van der Waals surface area contributed by atoms with E-state index in [2.05, 4.69) is 5.32 Å². The summed E-state index contributed by atoms with van der Waals surface area (Å²) in [4.78, 5) is 12.7. The van der Waals surface area contributed by atoms with Crippen molar-refractivity contribution in [1.82, 2.24) is 5.32 Å². The fourth-order valence-corrected chi connectivity index (χ4v) is 2.53. The van der Waals surface area contributed by atoms with Crippen molar-refractivity contribution in [2.75, 3.05) is 14.2 Å². The van der Waals surface area contributed by atoms with Crippen molar-refractivity contribution in [2.45, 2.75) is 25.8 Å². The van der Waals surface area contributed by atoms with Gasteiger partial charge in [-0.2, -0.15) is 0 Å². The standard InChI is InChI=1S/C19H23NO3/c1-19(2,15-10-6-8-12-17(15)23-4)18(21)20-13-14-9-5-7-11-16(14)22-3/h5-12H,13H2,1-4H3,(H,20,21). The number of ether oxygens (including phenoxy) is 2. The Bertz CT molecular complexity index is 680. The van der Waals surface area contributed by atoms with Gasteiger partial charge in [0, 0.05) is 17.7 Å². The van der Waals surface area contributed by atoms with Gasteiger partial charge in [-0.3, -0.25) is 4.79 Å². The van der Waals surface area contributed by atoms with Gasteiger partial charge in [0.25, 0.3) is 0 Å². The summed E-state index contributed by atoms with van der Waals surface area (Å²) in [5.74, 6) is 1.42. The predicted molar refractivity (Wildman–Crippen MR) is 90.9 cm³/mol. The van der Waals surface area contributed by atoms with Crippen LogP contribution in [0.4, 0.5) is 0 Å². The van der Waals surface area contributed by atoms with Crippen LogP contribution in [0.2, 0.25) is 0 Å². The molecule has 0 bridgehead atoms. The van der Waals surface area contributed by atoms with Crippen LogP contribution in [0.3, 0.4) is 0 Å². The molecule has 0 aliphatic carbocycles. The number of rotatable bonds is 6. The molecule has 23 heavy (non-hydrogen) atoms. The Hall–Kier alpha value is -2.49. The zero-order chi connectivity index (χ0) is 16.9. The van der Waals surface area contributed by atoms with E-state index in [1.807, 2.05) is 62.4 Å². The van der Waals surface area contributed by atoms with Crippen LogP contribution >= 0.6 is 0 Å². The zero-order valence-electron chi connectivity index (χ0n) is 14.1. The predicted octanol–water partition coefficient (Wildman–Crippen LogP) is 3.30. The molecule has 0 atom stereocenters. The molecule has 0 saturated carbocycles. The van der Waals surface area contributed by atoms with Gasteiger partial charge in [-0.1, -0.05) is 36.4 Å². The maximum absolute atomic E-state index is 12.7. The molecule has 1 amide bonds. The Balaban J connectivity index is 2.16. The molecule has 0 spiro atoms. The second kappa shape index (κ2) is 7.18. The van der Waals surface area contributed by atoms with E-state index in [-0.39, 0.29) is 5.91 Å². The summed E-state index contributed by atoms with van der Waals surface area (Å²) >= 11 is 0. The highest BCUT2D eigenvalue weighted by Gasteiger charge is 2.32. The SMILES string of the molecule is COc1ccccc1CNC(=O)C(C)(C)c1ccccc1OC. The number of amides is 1. The molecule has 0 aliphatic heterocycles. The summed E-state index contributed by atoms with van der Waals surface area (Å²) in [7, 11) is 3.24. The Morgan fingerprint density at radius 1 is 0.957 bits per heavy atom. The topological polar surface area (TPSA) is 47.6 Å². The summed E-state index contributed by atoms with van der Waals surface area (Å²) in [6, 6.07) is 15.2. The second-order valence-corrected chi connectivity index (χ2v) is 5.82. The van der Waals surface area contributed by atoms with E-state index >= 15 is 0 Å². The van der Waals surface area contributed by atoms with Gasteiger partial charge in [0.1, 0.15) is 11.5 Å². The largest absolute Gasteiger partial charge is 0.496 e. The Morgan fingerprint density at radius 3 is 2.17 bits per heavy atom. The van der Waals surface area contributed by atoms with E-state index in [1.165, 1.54) is 0 Å². The number of para-hydroxylation sites is 2. The fourth-order valence-electron chi connectivity index (χ4n) is 2.53. The molecule has 2 rings (SSSR count). The first-order valence-electron chi connectivity index (χ1n) is 7.54. The van der Waals surface area contributed by atoms with Crippen LogP contribution in [-0.4, -0.2) is 20.1 Å². The molecule has 0 aliphatic rings. The maximum Gasteiger partial charge on any atom is 0.230 e. The minimum Gasteiger partial charge on any atom is -0.496 e. The molecule has 2 aromatic rings. The monoisotopic (exact) mass is 313 g/mol. The minimum absolute atomic E-state index is 0.0621. The van der Waals surface area contributed by atoms with Crippen molar-refractivity contribution in [1.29, 1.82) is 0 Å². The van der Waals surface area contributed by atoms with Crippen LogP contribution in [0.15, 0.2) is 48.5 Å². The first kappa shape index (κ1) is 16.9. The Morgan fingerprint density at radius 2 is 1.52 bits per heavy atom. The lowest BCUT2D eigenvalue weighted by molar-refractivity contribution is -0.125. The normalized spacial score (nSPS) is 11.0. The van der Waals surface area contributed by atoms with E-state index in [9.17, 15) is 4.79 Å². The Kier molecular flexibility index (Phi) is 5.27. The summed E-state index contributed by atoms with van der Waals surface area (Å²) < 4.78 is 10.7. The summed E-state index contributed by atoms with van der Waals surface area (Å²) in [5, 5.41) is 2.99. The number of methoxy groups -OCH3 is 2. The zero-order valence-corrected chi connectivity index (χ0v) is 14.1. The van der Waals surface area contributed by atoms with Gasteiger partial charge >= 0.3 is 0 Å². The molecule has 4 nitrogen and oxygen atoms in total. The molecular formula is C19H23NO3. The lowest BCUT2D eigenvalue weighted by Crippen LogP contribution is -2.40. The summed E-state index contributed by atoms with van der Waals surface area (Å²) in [6.45, 7) is 4.20. The minimum atomic E-state index is -0.700. The number of benzene rings is 2. The highest BCUT2D eigenvalue weighted by atomic mass is 16.5. The molecule has 0 aromatic heterocycles. The van der Waals surface area contributed by atoms with Crippen LogP contribution in [0.1, 0.15) is 25.0 Å². The Labute approximate surface area is 137 Å². The third kappa shape index (κ3) is 3.65. The molecule has 1 N–H and O–H groups in total. The third-order valence-corrected chi connectivity index (χ3v) is 3.98. The molecule has 0 fully saturated rings. The molecule has 0 heterocycles. The lowest BCUT2D eigenvalue weighted by atomic mass is 9.83. The number of hydrogen-bond donors (Lipinski definition) is 1. The van der Waals surface area contributed by atoms with Crippen LogP contribution in [0, 0.1) is 0 Å². The highest BCUT2D eigenvalue weighted by Crippen LogP contribution is 2.31. The van der Waals surface area contributed by atoms with Crippen molar-refractivity contribution in [3.8, 4) is 11.5 Å². The fraction of sp³-hybridized carbons (Fsp3) is 0.316. The van der Waals surface area contributed by atoms with Crippen LogP contribution in [-0.2, 0) is 16.8 Å². The summed E-state index contributed by atoms with van der Waals surface area (Å²) in [5.41, 5.74) is 1.11. The van der Waals surface area contributed by atoms with Crippen molar-refractivity contribution >= 4 is 5.91 Å². The van der Waals surface area contributed by atoms with Gasteiger partial charge in [-0.25, -0.2) is 0 Å². The molecule has 122 valence electrons. The average molecular weight is 313 g/mol. The van der Waals surface area contributed by atoms with Crippen LogP contribution < -0.4 is 14.8 Å². The first-order chi connectivity index (χ1) is 11.0. The number of carbonyl (C=O) groups is 1. The van der Waals surface area contributed by atoms with Gasteiger partial charge in [-0.15, -0.1) is 0 Å². The van der Waals surface area contributed by atoms with E-state index in [4.69, 9.17) is 9.47 Å². The van der Waals surface area contributed by atoms with Gasteiger partial charge in [-0.05, 0) is 26.0 Å². The lowest BCUT2D eigenvalue weighted by Gasteiger charge is -2.26. The first-order valence-corrected chi connectivity index (χ1v) is 7.54. The van der Waals surface area contributed by atoms with Crippen LogP contribution in [0.25, 0.3) is 0 Å². The third-order valence-electron chi connectivity index (χ3n) is 3.98. The van der Waals surface area contributed by atoms with Gasteiger partial charge < -0.3 is 14.8 Å². The van der Waals surface area contributed by atoms with E-state index < -0.39 is 5.41 Å². The number of nitrogens with one attached hydrogen (secondary N) is 1. The van der Waals surface area contributed by atoms with Crippen molar-refractivity contribution in [3.63, 3.8) is 0 Å². The maximum atomic E-state index is 12.7. The average Bonchev–Trinajstić information content (AvgIpc) is 2.59. The number of carbonyl (C=O) groups excluding carboxylic acids is 1.